The average Bonchev–Trinajstić information content (AvgIpc) is 2.48. The van der Waals surface area contributed by atoms with Crippen LogP contribution in [0.5, 0.6) is 0 Å². The van der Waals surface area contributed by atoms with Gasteiger partial charge in [-0.25, -0.2) is 4.98 Å². The summed E-state index contributed by atoms with van der Waals surface area (Å²) in [5, 5.41) is 0. The fourth-order valence-corrected chi connectivity index (χ4v) is 3.50. The van der Waals surface area contributed by atoms with E-state index >= 15 is 0 Å². The molecule has 13 heavy (non-hydrogen) atoms. The van der Waals surface area contributed by atoms with Crippen LogP contribution < -0.4 is 0 Å². The van der Waals surface area contributed by atoms with Crippen molar-refractivity contribution in [2.45, 2.75) is 31.8 Å². The summed E-state index contributed by atoms with van der Waals surface area (Å²) >= 11 is 5.13. The maximum atomic E-state index is 5.57. The highest BCUT2D eigenvalue weighted by atomic mass is 79.9. The van der Waals surface area contributed by atoms with Crippen LogP contribution in [0.1, 0.15) is 30.3 Å². The molecule has 1 aliphatic rings. The van der Waals surface area contributed by atoms with E-state index in [2.05, 4.69) is 27.8 Å². The molecule has 0 bridgehead atoms. The SMILES string of the molecule is COC1(C)CCCc2nc(Br)sc21. The van der Waals surface area contributed by atoms with Crippen LogP contribution >= 0.6 is 27.3 Å². The first kappa shape index (κ1) is 9.62. The van der Waals surface area contributed by atoms with Crippen molar-refractivity contribution in [3.05, 3.63) is 14.5 Å². The summed E-state index contributed by atoms with van der Waals surface area (Å²) < 4.78 is 6.54. The zero-order valence-corrected chi connectivity index (χ0v) is 10.2. The molecule has 0 fully saturated rings. The third kappa shape index (κ3) is 1.55. The number of ether oxygens (including phenoxy) is 1. The number of thiazole rings is 1. The minimum atomic E-state index is -0.0999. The Hall–Kier alpha value is 0.0700. The first-order valence-electron chi connectivity index (χ1n) is 4.36. The van der Waals surface area contributed by atoms with Crippen LogP contribution in [0.4, 0.5) is 0 Å². The number of hydrogen-bond donors (Lipinski definition) is 0. The van der Waals surface area contributed by atoms with E-state index in [1.54, 1.807) is 18.4 Å². The molecule has 1 aromatic rings. The Morgan fingerprint density at radius 1 is 1.62 bits per heavy atom. The number of hydrogen-bond acceptors (Lipinski definition) is 3. The molecule has 0 spiro atoms. The van der Waals surface area contributed by atoms with Gasteiger partial charge in [0.1, 0.15) is 5.60 Å². The lowest BCUT2D eigenvalue weighted by molar-refractivity contribution is -0.00953. The van der Waals surface area contributed by atoms with E-state index < -0.39 is 0 Å². The van der Waals surface area contributed by atoms with Gasteiger partial charge < -0.3 is 4.74 Å². The fraction of sp³-hybridized carbons (Fsp3) is 0.667. The van der Waals surface area contributed by atoms with Crippen molar-refractivity contribution in [3.8, 4) is 0 Å². The van der Waals surface area contributed by atoms with Crippen LogP contribution in [-0.2, 0) is 16.8 Å². The number of rotatable bonds is 1. The standard InChI is InChI=1S/C9H12BrNOS/c1-9(12-2)5-3-4-6-7(9)13-8(10)11-6/h3-5H2,1-2H3. The molecule has 0 saturated heterocycles. The fourth-order valence-electron chi connectivity index (χ4n) is 1.81. The predicted octanol–water partition coefficient (Wildman–Crippen LogP) is 3.10. The third-order valence-electron chi connectivity index (χ3n) is 2.67. The molecule has 1 aliphatic carbocycles. The Bertz CT molecular complexity index is 325. The van der Waals surface area contributed by atoms with Crippen molar-refractivity contribution in [3.63, 3.8) is 0 Å². The van der Waals surface area contributed by atoms with E-state index in [1.807, 2.05) is 0 Å². The molecule has 1 aromatic heterocycles. The Labute approximate surface area is 90.5 Å². The Morgan fingerprint density at radius 3 is 3.08 bits per heavy atom. The van der Waals surface area contributed by atoms with E-state index in [4.69, 9.17) is 4.74 Å². The molecule has 1 atom stereocenters. The second-order valence-corrected chi connectivity index (χ2v) is 5.81. The summed E-state index contributed by atoms with van der Waals surface area (Å²) in [6.45, 7) is 2.15. The zero-order chi connectivity index (χ0) is 9.47. The number of aromatic nitrogens is 1. The van der Waals surface area contributed by atoms with Gasteiger partial charge in [0, 0.05) is 7.11 Å². The third-order valence-corrected chi connectivity index (χ3v) is 4.46. The molecular weight excluding hydrogens is 250 g/mol. The maximum absolute atomic E-state index is 5.57. The second kappa shape index (κ2) is 3.33. The van der Waals surface area contributed by atoms with Crippen molar-refractivity contribution >= 4 is 27.3 Å². The van der Waals surface area contributed by atoms with Crippen LogP contribution in [0.15, 0.2) is 3.92 Å². The van der Waals surface area contributed by atoms with Gasteiger partial charge in [0.15, 0.2) is 3.92 Å². The van der Waals surface area contributed by atoms with Crippen molar-refractivity contribution in [1.82, 2.24) is 4.98 Å². The monoisotopic (exact) mass is 261 g/mol. The molecule has 1 heterocycles. The van der Waals surface area contributed by atoms with Gasteiger partial charge in [0.25, 0.3) is 0 Å². The van der Waals surface area contributed by atoms with Crippen molar-refractivity contribution < 1.29 is 4.74 Å². The second-order valence-electron chi connectivity index (χ2n) is 3.53. The van der Waals surface area contributed by atoms with Crippen LogP contribution in [-0.4, -0.2) is 12.1 Å². The lowest BCUT2D eigenvalue weighted by atomic mass is 9.89. The molecule has 2 rings (SSSR count). The average molecular weight is 262 g/mol. The molecule has 1 unspecified atom stereocenters. The number of nitrogens with zero attached hydrogens (tertiary/aromatic N) is 1. The molecule has 0 N–H and O–H groups in total. The van der Waals surface area contributed by atoms with Crippen molar-refractivity contribution in [2.24, 2.45) is 0 Å². The molecule has 4 heteroatoms. The quantitative estimate of drug-likeness (QED) is 0.775. The van der Waals surface area contributed by atoms with Gasteiger partial charge in [-0.15, -0.1) is 11.3 Å². The van der Waals surface area contributed by atoms with Gasteiger partial charge in [-0.05, 0) is 42.1 Å². The highest BCUT2D eigenvalue weighted by Gasteiger charge is 2.34. The molecule has 0 aliphatic heterocycles. The lowest BCUT2D eigenvalue weighted by Crippen LogP contribution is -2.27. The maximum Gasteiger partial charge on any atom is 0.159 e. The summed E-state index contributed by atoms with van der Waals surface area (Å²) in [6.07, 6.45) is 3.37. The van der Waals surface area contributed by atoms with Crippen LogP contribution in [0.2, 0.25) is 0 Å². The minimum Gasteiger partial charge on any atom is -0.373 e. The molecule has 0 aromatic carbocycles. The van der Waals surface area contributed by atoms with Gasteiger partial charge in [-0.2, -0.15) is 0 Å². The van der Waals surface area contributed by atoms with Gasteiger partial charge in [0.2, 0.25) is 0 Å². The van der Waals surface area contributed by atoms with Crippen molar-refractivity contribution in [1.29, 1.82) is 0 Å². The first-order chi connectivity index (χ1) is 6.15. The number of aryl methyl sites for hydroxylation is 1. The predicted molar refractivity (Wildman–Crippen MR) is 57.1 cm³/mol. The number of methoxy groups -OCH3 is 1. The molecule has 0 saturated carbocycles. The van der Waals surface area contributed by atoms with E-state index in [9.17, 15) is 0 Å². The Morgan fingerprint density at radius 2 is 2.38 bits per heavy atom. The van der Waals surface area contributed by atoms with Crippen LogP contribution in [0.25, 0.3) is 0 Å². The van der Waals surface area contributed by atoms with Crippen LogP contribution in [0.3, 0.4) is 0 Å². The lowest BCUT2D eigenvalue weighted by Gasteiger charge is -2.31. The first-order valence-corrected chi connectivity index (χ1v) is 5.97. The minimum absolute atomic E-state index is 0.0999. The van der Waals surface area contributed by atoms with Crippen LogP contribution in [0, 0.1) is 0 Å². The summed E-state index contributed by atoms with van der Waals surface area (Å²) in [5.74, 6) is 0. The van der Waals surface area contributed by atoms with Gasteiger partial charge in [-0.1, -0.05) is 0 Å². The summed E-state index contributed by atoms with van der Waals surface area (Å²) in [4.78, 5) is 5.75. The number of fused-ring (bicyclic) bond motifs is 1. The zero-order valence-electron chi connectivity index (χ0n) is 7.76. The summed E-state index contributed by atoms with van der Waals surface area (Å²) in [6, 6.07) is 0. The Balaban J connectivity index is 2.47. The molecule has 72 valence electrons. The Kier molecular flexibility index (Phi) is 2.47. The molecule has 0 radical (unpaired) electrons. The van der Waals surface area contributed by atoms with Gasteiger partial charge >= 0.3 is 0 Å². The van der Waals surface area contributed by atoms with E-state index in [0.717, 1.165) is 16.8 Å². The van der Waals surface area contributed by atoms with Gasteiger partial charge in [0.05, 0.1) is 10.6 Å². The van der Waals surface area contributed by atoms with E-state index in [1.165, 1.54) is 17.0 Å². The van der Waals surface area contributed by atoms with Crippen molar-refractivity contribution in [2.75, 3.05) is 7.11 Å². The smallest absolute Gasteiger partial charge is 0.159 e. The highest BCUT2D eigenvalue weighted by Crippen LogP contribution is 2.42. The number of halogens is 1. The highest BCUT2D eigenvalue weighted by molar-refractivity contribution is 9.11. The van der Waals surface area contributed by atoms with Gasteiger partial charge in [-0.3, -0.25) is 0 Å². The summed E-state index contributed by atoms with van der Waals surface area (Å²) in [7, 11) is 1.78. The van der Waals surface area contributed by atoms with E-state index in [-0.39, 0.29) is 5.60 Å². The normalized spacial score (nSPS) is 27.3. The topological polar surface area (TPSA) is 22.1 Å². The molecule has 0 amide bonds. The van der Waals surface area contributed by atoms with E-state index in [0.29, 0.717) is 0 Å². The largest absolute Gasteiger partial charge is 0.373 e. The molecular formula is C9H12BrNOS. The summed E-state index contributed by atoms with van der Waals surface area (Å²) in [5.41, 5.74) is 1.12. The molecule has 2 nitrogen and oxygen atoms in total.